The summed E-state index contributed by atoms with van der Waals surface area (Å²) in [6, 6.07) is 7.53. The van der Waals surface area contributed by atoms with Gasteiger partial charge in [-0.25, -0.2) is 22.0 Å². The molecule has 2 aliphatic rings. The molecule has 0 saturated heterocycles. The fraction of sp³-hybridized carbons (Fsp3) is 0.357. The minimum atomic E-state index is -2.29. The van der Waals surface area contributed by atoms with Crippen LogP contribution in [0, 0.1) is 17.6 Å². The third-order valence-corrected chi connectivity index (χ3v) is 6.99. The first-order chi connectivity index (χ1) is 15.7. The van der Waals surface area contributed by atoms with Gasteiger partial charge in [0.25, 0.3) is 0 Å². The number of halogens is 5. The molecule has 0 radical (unpaired) electrons. The zero-order valence-corrected chi connectivity index (χ0v) is 18.8. The lowest BCUT2D eigenvalue weighted by Gasteiger charge is -2.46. The van der Waals surface area contributed by atoms with Gasteiger partial charge >= 0.3 is 0 Å². The summed E-state index contributed by atoms with van der Waals surface area (Å²) < 4.78 is 76.1. The molecule has 0 heterocycles. The molecule has 5 heteroatoms. The van der Waals surface area contributed by atoms with Gasteiger partial charge in [0, 0.05) is 16.6 Å². The molecule has 0 aromatic heterocycles. The van der Waals surface area contributed by atoms with E-state index in [2.05, 4.69) is 6.58 Å². The number of benzene rings is 2. The van der Waals surface area contributed by atoms with E-state index in [4.69, 9.17) is 0 Å². The van der Waals surface area contributed by atoms with Gasteiger partial charge in [0.2, 0.25) is 0 Å². The zero-order chi connectivity index (χ0) is 23.9. The van der Waals surface area contributed by atoms with Crippen molar-refractivity contribution in [3.63, 3.8) is 0 Å². The fourth-order valence-electron chi connectivity index (χ4n) is 5.18. The summed E-state index contributed by atoms with van der Waals surface area (Å²) in [5.74, 6) is -3.56. The smallest absolute Gasteiger partial charge is 0.160 e. The van der Waals surface area contributed by atoms with E-state index in [1.165, 1.54) is 12.1 Å². The number of rotatable bonds is 6. The van der Waals surface area contributed by atoms with Gasteiger partial charge in [0.15, 0.2) is 6.17 Å². The minimum absolute atomic E-state index is 0.0213. The number of hydrogen-bond acceptors (Lipinski definition) is 0. The van der Waals surface area contributed by atoms with Gasteiger partial charge in [-0.1, -0.05) is 62.8 Å². The molecule has 0 N–H and O–H groups in total. The highest BCUT2D eigenvalue weighted by atomic mass is 19.2. The summed E-state index contributed by atoms with van der Waals surface area (Å²) in [6.45, 7) is 7.09. The van der Waals surface area contributed by atoms with E-state index in [-0.39, 0.29) is 22.3 Å². The molecule has 0 aliphatic heterocycles. The highest BCUT2D eigenvalue weighted by Gasteiger charge is 2.54. The van der Waals surface area contributed by atoms with Crippen LogP contribution >= 0.6 is 0 Å². The Balaban J connectivity index is 1.79. The maximum Gasteiger partial charge on any atom is 0.160 e. The van der Waals surface area contributed by atoms with E-state index in [0.717, 1.165) is 0 Å². The summed E-state index contributed by atoms with van der Waals surface area (Å²) in [5, 5.41) is 0. The van der Waals surface area contributed by atoms with Crippen molar-refractivity contribution in [2.24, 2.45) is 5.92 Å². The van der Waals surface area contributed by atoms with E-state index in [0.29, 0.717) is 36.8 Å². The molecule has 0 amide bonds. The summed E-state index contributed by atoms with van der Waals surface area (Å²) in [5.41, 5.74) is -0.248. The highest BCUT2D eigenvalue weighted by Crippen LogP contribution is 2.56. The topological polar surface area (TPSA) is 0 Å². The van der Waals surface area contributed by atoms with Crippen molar-refractivity contribution in [3.8, 4) is 0 Å². The molecule has 2 aromatic carbocycles. The van der Waals surface area contributed by atoms with Crippen LogP contribution in [-0.2, 0) is 18.3 Å². The molecule has 0 nitrogen and oxygen atoms in total. The number of aryl methyl sites for hydroxylation is 2. The van der Waals surface area contributed by atoms with Crippen LogP contribution in [-0.4, -0.2) is 6.17 Å². The minimum Gasteiger partial charge on any atom is -0.243 e. The van der Waals surface area contributed by atoms with Crippen LogP contribution < -0.4 is 0 Å². The molecule has 0 spiro atoms. The van der Waals surface area contributed by atoms with Gasteiger partial charge in [-0.05, 0) is 47.6 Å². The summed E-state index contributed by atoms with van der Waals surface area (Å²) >= 11 is 0. The lowest BCUT2D eigenvalue weighted by molar-refractivity contribution is 0.0656. The maximum absolute atomic E-state index is 15.8. The monoisotopic (exact) mass is 458 g/mol. The van der Waals surface area contributed by atoms with Crippen molar-refractivity contribution in [2.75, 3.05) is 0 Å². The number of alkyl halides is 2. The molecular weight excluding hydrogens is 431 g/mol. The van der Waals surface area contributed by atoms with Crippen LogP contribution in [0.15, 0.2) is 61.0 Å². The molecule has 2 aromatic rings. The van der Waals surface area contributed by atoms with Crippen LogP contribution in [0.2, 0.25) is 0 Å². The van der Waals surface area contributed by atoms with Gasteiger partial charge in [0.05, 0.1) is 5.92 Å². The Kier molecular flexibility index (Phi) is 6.35. The van der Waals surface area contributed by atoms with Crippen molar-refractivity contribution in [2.45, 2.75) is 57.3 Å². The Bertz CT molecular complexity index is 1150. The van der Waals surface area contributed by atoms with Gasteiger partial charge < -0.3 is 0 Å². The molecule has 4 unspecified atom stereocenters. The van der Waals surface area contributed by atoms with E-state index in [9.17, 15) is 4.39 Å². The fourth-order valence-corrected chi connectivity index (χ4v) is 5.18. The number of allylic oxidation sites excluding steroid dienone is 5. The van der Waals surface area contributed by atoms with E-state index in [1.807, 2.05) is 6.92 Å². The number of fused-ring (bicyclic) bond motifs is 3. The van der Waals surface area contributed by atoms with E-state index in [1.54, 1.807) is 43.3 Å². The second-order valence-electron chi connectivity index (χ2n) is 9.08. The maximum atomic E-state index is 15.8. The first kappa shape index (κ1) is 23.5. The Hall–Kier alpha value is -2.69. The van der Waals surface area contributed by atoms with Crippen LogP contribution in [0.3, 0.4) is 0 Å². The summed E-state index contributed by atoms with van der Waals surface area (Å²) in [6.07, 6.45) is 2.33. The Morgan fingerprint density at radius 3 is 2.42 bits per heavy atom. The van der Waals surface area contributed by atoms with Crippen LogP contribution in [0.1, 0.15) is 60.7 Å². The Morgan fingerprint density at radius 2 is 1.76 bits per heavy atom. The normalized spacial score (nSPS) is 26.2. The molecule has 4 rings (SSSR count). The average molecular weight is 459 g/mol. The largest absolute Gasteiger partial charge is 0.243 e. The standard InChI is InChI=1S/C28H27F5/c1-4-6-8-16-9-10-18(15-21(16)29)19-13-14-28(3)20-12-11-17(7-5-2)24(30)22(20)26(32)27(33)23(28)25(19)31/h4,9-15,23,26-27H,1,5-8H2,2-3H3. The molecule has 0 bridgehead atoms. The molecule has 174 valence electrons. The van der Waals surface area contributed by atoms with E-state index >= 15 is 17.6 Å². The quantitative estimate of drug-likeness (QED) is 0.302. The molecule has 0 saturated carbocycles. The lowest BCUT2D eigenvalue weighted by atomic mass is 9.59. The molecule has 4 atom stereocenters. The highest BCUT2D eigenvalue weighted by molar-refractivity contribution is 5.79. The van der Waals surface area contributed by atoms with Crippen molar-refractivity contribution < 1.29 is 22.0 Å². The molecule has 33 heavy (non-hydrogen) atoms. The molecule has 2 aliphatic carbocycles. The molecular formula is C28H27F5. The van der Waals surface area contributed by atoms with Crippen molar-refractivity contribution in [3.05, 3.63) is 100 Å². The van der Waals surface area contributed by atoms with E-state index < -0.39 is 41.1 Å². The predicted molar refractivity (Wildman–Crippen MR) is 122 cm³/mol. The summed E-state index contributed by atoms with van der Waals surface area (Å²) in [4.78, 5) is 0. The van der Waals surface area contributed by atoms with Crippen molar-refractivity contribution >= 4 is 5.57 Å². The predicted octanol–water partition coefficient (Wildman–Crippen LogP) is 8.22. The zero-order valence-electron chi connectivity index (χ0n) is 18.8. The first-order valence-corrected chi connectivity index (χ1v) is 11.3. The average Bonchev–Trinajstić information content (AvgIpc) is 2.78. The van der Waals surface area contributed by atoms with Crippen molar-refractivity contribution in [1.29, 1.82) is 0 Å². The third-order valence-electron chi connectivity index (χ3n) is 6.99. The van der Waals surface area contributed by atoms with Gasteiger partial charge in [-0.15, -0.1) is 6.58 Å². The van der Waals surface area contributed by atoms with Crippen LogP contribution in [0.5, 0.6) is 0 Å². The second-order valence-corrected chi connectivity index (χ2v) is 9.08. The Labute approximate surface area is 191 Å². The number of hydrogen-bond donors (Lipinski definition) is 0. The lowest BCUT2D eigenvalue weighted by Crippen LogP contribution is -2.46. The van der Waals surface area contributed by atoms with Gasteiger partial charge in [-0.2, -0.15) is 0 Å². The molecule has 0 fully saturated rings. The second kappa shape index (κ2) is 8.92. The summed E-state index contributed by atoms with van der Waals surface area (Å²) in [7, 11) is 0. The SMILES string of the molecule is C=CCCc1ccc(C2=C(F)C3C(F)C(F)c4c(ccc(CCC)c4F)C3(C)C=C2)cc1F. The van der Waals surface area contributed by atoms with Gasteiger partial charge in [0.1, 0.15) is 23.6 Å². The van der Waals surface area contributed by atoms with Crippen LogP contribution in [0.25, 0.3) is 5.57 Å². The van der Waals surface area contributed by atoms with Crippen molar-refractivity contribution in [1.82, 2.24) is 0 Å². The third kappa shape index (κ3) is 3.75. The van der Waals surface area contributed by atoms with Gasteiger partial charge in [-0.3, -0.25) is 0 Å². The Morgan fingerprint density at radius 1 is 1.03 bits per heavy atom. The van der Waals surface area contributed by atoms with Crippen LogP contribution in [0.4, 0.5) is 22.0 Å². The first-order valence-electron chi connectivity index (χ1n) is 11.3.